The number of aromatic hydroxyl groups is 1. The van der Waals surface area contributed by atoms with Crippen LogP contribution in [0.25, 0.3) is 5.65 Å². The molecule has 1 fully saturated rings. The van der Waals surface area contributed by atoms with Gasteiger partial charge in [-0.3, -0.25) is 9.78 Å². The Morgan fingerprint density at radius 2 is 1.97 bits per heavy atom. The fourth-order valence-electron chi connectivity index (χ4n) is 4.17. The predicted molar refractivity (Wildman–Crippen MR) is 125 cm³/mol. The summed E-state index contributed by atoms with van der Waals surface area (Å²) in [6.45, 7) is 2.35. The summed E-state index contributed by atoms with van der Waals surface area (Å²) in [7, 11) is 0. The van der Waals surface area contributed by atoms with Crippen LogP contribution in [0.3, 0.4) is 0 Å². The van der Waals surface area contributed by atoms with Crippen LogP contribution in [0.2, 0.25) is 0 Å². The topological polar surface area (TPSA) is 132 Å². The van der Waals surface area contributed by atoms with E-state index in [-0.39, 0.29) is 10.8 Å². The number of hydrogen-bond acceptors (Lipinski definition) is 9. The molecule has 3 aromatic heterocycles. The van der Waals surface area contributed by atoms with Gasteiger partial charge in [-0.1, -0.05) is 29.5 Å². The van der Waals surface area contributed by atoms with E-state index in [4.69, 9.17) is 0 Å². The molecule has 0 spiro atoms. The molecule has 0 unspecified atom stereocenters. The molecule has 0 bridgehead atoms. The monoisotopic (exact) mass is 467 g/mol. The summed E-state index contributed by atoms with van der Waals surface area (Å²) >= 11 is 1.04. The van der Waals surface area contributed by atoms with Crippen molar-refractivity contribution in [3.05, 3.63) is 68.3 Å². The molecule has 10 nitrogen and oxygen atoms in total. The Bertz CT molecular complexity index is 1280. The maximum atomic E-state index is 11.4. The second-order valence-electron chi connectivity index (χ2n) is 8.26. The number of aliphatic hydroxyl groups excluding tert-OH is 1. The van der Waals surface area contributed by atoms with Crippen molar-refractivity contribution in [3.8, 4) is 5.88 Å². The van der Waals surface area contributed by atoms with Gasteiger partial charge in [0.2, 0.25) is 5.88 Å². The highest BCUT2D eigenvalue weighted by molar-refractivity contribution is 7.09. The number of rotatable bonds is 7. The van der Waals surface area contributed by atoms with Crippen LogP contribution in [-0.2, 0) is 6.42 Å². The molecule has 4 heterocycles. The van der Waals surface area contributed by atoms with E-state index in [1.807, 2.05) is 18.2 Å². The highest BCUT2D eigenvalue weighted by Gasteiger charge is 2.20. The van der Waals surface area contributed by atoms with Crippen LogP contribution in [0.4, 0.5) is 5.69 Å². The Hall–Kier alpha value is -3.28. The third kappa shape index (κ3) is 4.90. The molecule has 4 N–H and O–H groups in total. The lowest BCUT2D eigenvalue weighted by atomic mass is 10.0. The summed E-state index contributed by atoms with van der Waals surface area (Å²) < 4.78 is 1.56. The summed E-state index contributed by atoms with van der Waals surface area (Å²) in [5.41, 5.74) is 3.65. The molecule has 0 amide bonds. The molecule has 1 aliphatic heterocycles. The lowest BCUT2D eigenvalue weighted by molar-refractivity contribution is 0.166. The zero-order valence-corrected chi connectivity index (χ0v) is 18.7. The minimum absolute atomic E-state index is 0.0373. The summed E-state index contributed by atoms with van der Waals surface area (Å²) in [6, 6.07) is 12.3. The molecule has 1 saturated heterocycles. The van der Waals surface area contributed by atoms with Gasteiger partial charge in [-0.2, -0.15) is 0 Å². The fourth-order valence-corrected chi connectivity index (χ4v) is 4.93. The smallest absolute Gasteiger partial charge is 0.307 e. The number of piperidine rings is 1. The fraction of sp³-hybridized carbons (Fsp3) is 0.364. The van der Waals surface area contributed by atoms with Crippen LogP contribution < -0.4 is 15.1 Å². The molecule has 33 heavy (non-hydrogen) atoms. The van der Waals surface area contributed by atoms with Crippen molar-refractivity contribution < 1.29 is 10.2 Å². The number of aromatic amines is 1. The van der Waals surface area contributed by atoms with Crippen molar-refractivity contribution in [1.82, 2.24) is 30.3 Å². The molecule has 5 rings (SSSR count). The number of aliphatic hydroxyl groups is 1. The Morgan fingerprint density at radius 1 is 1.18 bits per heavy atom. The normalized spacial score (nSPS) is 15.8. The number of nitrogens with zero attached hydrogens (tertiary/aromatic N) is 5. The molecule has 0 saturated carbocycles. The van der Waals surface area contributed by atoms with Gasteiger partial charge in [-0.15, -0.1) is 5.10 Å². The van der Waals surface area contributed by atoms with Gasteiger partial charge in [0, 0.05) is 49.5 Å². The number of benzene rings is 1. The Kier molecular flexibility index (Phi) is 6.07. The Labute approximate surface area is 193 Å². The first-order valence-electron chi connectivity index (χ1n) is 10.9. The number of H-pyrrole nitrogens is 1. The highest BCUT2D eigenvalue weighted by atomic mass is 32.1. The van der Waals surface area contributed by atoms with Gasteiger partial charge in [-0.25, -0.2) is 4.52 Å². The number of hydrogen-bond donors (Lipinski definition) is 4. The van der Waals surface area contributed by atoms with Gasteiger partial charge >= 0.3 is 4.87 Å². The zero-order valence-electron chi connectivity index (χ0n) is 17.9. The molecule has 1 aliphatic rings. The number of pyridine rings is 1. The number of nitrogens with one attached hydrogen (secondary N) is 2. The summed E-state index contributed by atoms with van der Waals surface area (Å²) in [5, 5.41) is 35.2. The highest BCUT2D eigenvalue weighted by Crippen LogP contribution is 2.24. The van der Waals surface area contributed by atoms with Crippen molar-refractivity contribution in [2.45, 2.75) is 31.4 Å². The quantitative estimate of drug-likeness (QED) is 0.321. The molecule has 172 valence electrons. The summed E-state index contributed by atoms with van der Waals surface area (Å²) in [6.07, 6.45) is 3.65. The lowest BCUT2D eigenvalue weighted by Crippen LogP contribution is -2.43. The first-order valence-corrected chi connectivity index (χ1v) is 11.7. The lowest BCUT2D eigenvalue weighted by Gasteiger charge is -2.34. The van der Waals surface area contributed by atoms with Gasteiger partial charge < -0.3 is 20.4 Å². The van der Waals surface area contributed by atoms with Crippen LogP contribution in [-0.4, -0.2) is 60.9 Å². The standard InChI is InChI=1S/C22H25N7O3S/c30-18(15-3-6-20-25-26-27-29(20)13-15)12-23-16-7-9-28(10-8-16)17-4-1-14(2-5-17)11-19-21(31)24-22(32)33-19/h1-6,13,16,18,23,30-31H,7-12H2,(H,24,32)/t18-/m0/s1. The van der Waals surface area contributed by atoms with Crippen molar-refractivity contribution >= 4 is 22.7 Å². The number of aromatic nitrogens is 5. The van der Waals surface area contributed by atoms with Crippen molar-refractivity contribution in [2.24, 2.45) is 0 Å². The van der Waals surface area contributed by atoms with Gasteiger partial charge in [0.1, 0.15) is 0 Å². The third-order valence-electron chi connectivity index (χ3n) is 6.06. The van der Waals surface area contributed by atoms with Gasteiger partial charge in [-0.05, 0) is 47.0 Å². The second kappa shape index (κ2) is 9.30. The Balaban J connectivity index is 1.11. The van der Waals surface area contributed by atoms with E-state index in [0.29, 0.717) is 29.5 Å². The number of thiazole rings is 1. The van der Waals surface area contributed by atoms with Crippen LogP contribution in [0.15, 0.2) is 47.4 Å². The van der Waals surface area contributed by atoms with Crippen LogP contribution in [0.1, 0.15) is 34.9 Å². The number of tetrazole rings is 1. The minimum Gasteiger partial charge on any atom is -0.494 e. The molecular formula is C22H25N7O3S. The maximum Gasteiger partial charge on any atom is 0.307 e. The van der Waals surface area contributed by atoms with E-state index in [9.17, 15) is 15.0 Å². The molecule has 1 aromatic carbocycles. The van der Waals surface area contributed by atoms with E-state index in [1.54, 1.807) is 16.8 Å². The van der Waals surface area contributed by atoms with E-state index >= 15 is 0 Å². The van der Waals surface area contributed by atoms with Crippen molar-refractivity contribution in [2.75, 3.05) is 24.5 Å². The predicted octanol–water partition coefficient (Wildman–Crippen LogP) is 1.46. The van der Waals surface area contributed by atoms with E-state index in [2.05, 4.69) is 42.9 Å². The molecule has 1 atom stereocenters. The number of fused-ring (bicyclic) bond motifs is 1. The SMILES string of the molecule is O=c1[nH]c(O)c(Cc2ccc(N3CCC(NC[C@H](O)c4ccc5nnnn5c4)CC3)cc2)s1. The molecule has 11 heteroatoms. The van der Waals surface area contributed by atoms with Gasteiger partial charge in [0.05, 0.1) is 11.0 Å². The van der Waals surface area contributed by atoms with Crippen LogP contribution in [0, 0.1) is 0 Å². The second-order valence-corrected chi connectivity index (χ2v) is 9.33. The average Bonchev–Trinajstić information content (AvgIpc) is 3.43. The maximum absolute atomic E-state index is 11.4. The number of anilines is 1. The Morgan fingerprint density at radius 3 is 2.70 bits per heavy atom. The van der Waals surface area contributed by atoms with E-state index in [1.165, 1.54) is 5.69 Å². The van der Waals surface area contributed by atoms with Gasteiger partial charge in [0.25, 0.3) is 0 Å². The van der Waals surface area contributed by atoms with E-state index in [0.717, 1.165) is 48.4 Å². The summed E-state index contributed by atoms with van der Waals surface area (Å²) in [4.78, 5) is 16.5. The largest absolute Gasteiger partial charge is 0.494 e. The molecule has 0 radical (unpaired) electrons. The van der Waals surface area contributed by atoms with E-state index < -0.39 is 6.10 Å². The molecular weight excluding hydrogens is 442 g/mol. The van der Waals surface area contributed by atoms with Crippen molar-refractivity contribution in [3.63, 3.8) is 0 Å². The first-order chi connectivity index (χ1) is 16.0. The third-order valence-corrected chi connectivity index (χ3v) is 6.93. The van der Waals surface area contributed by atoms with Crippen molar-refractivity contribution in [1.29, 1.82) is 0 Å². The summed E-state index contributed by atoms with van der Waals surface area (Å²) in [5.74, 6) is -0.0373. The van der Waals surface area contributed by atoms with Crippen LogP contribution in [0.5, 0.6) is 5.88 Å². The van der Waals surface area contributed by atoms with Gasteiger partial charge in [0.15, 0.2) is 5.65 Å². The first kappa shape index (κ1) is 21.6. The minimum atomic E-state index is -0.623. The van der Waals surface area contributed by atoms with Crippen LogP contribution >= 0.6 is 11.3 Å². The zero-order chi connectivity index (χ0) is 22.8. The molecule has 4 aromatic rings. The average molecular weight is 468 g/mol. The molecule has 0 aliphatic carbocycles.